The molecule has 138 valence electrons. The number of thiazole rings is 1. The highest BCUT2D eigenvalue weighted by Gasteiger charge is 2.30. The average Bonchev–Trinajstić information content (AvgIpc) is 3.05. The first kappa shape index (κ1) is 19.8. The van der Waals surface area contributed by atoms with Crippen LogP contribution in [0.15, 0.2) is 29.6 Å². The van der Waals surface area contributed by atoms with E-state index in [4.69, 9.17) is 9.47 Å². The van der Waals surface area contributed by atoms with Crippen LogP contribution < -0.4 is 0 Å². The van der Waals surface area contributed by atoms with Gasteiger partial charge in [0.25, 0.3) is 0 Å². The van der Waals surface area contributed by atoms with Crippen molar-refractivity contribution in [2.45, 2.75) is 12.7 Å². The maximum Gasteiger partial charge on any atom is 0.416 e. The lowest BCUT2D eigenvalue weighted by molar-refractivity contribution is -0.137. The molecule has 1 aromatic carbocycles. The Hall–Kier alpha value is -1.48. The summed E-state index contributed by atoms with van der Waals surface area (Å²) in [7, 11) is 3.31. The van der Waals surface area contributed by atoms with E-state index in [0.29, 0.717) is 30.3 Å². The molecule has 0 radical (unpaired) electrons. The molecule has 0 fully saturated rings. The number of nitrogens with zero attached hydrogens (tertiary/aromatic N) is 2. The van der Waals surface area contributed by atoms with E-state index in [0.717, 1.165) is 30.9 Å². The first-order chi connectivity index (χ1) is 11.9. The summed E-state index contributed by atoms with van der Waals surface area (Å²) in [6.45, 7) is 3.38. The second-order valence-corrected chi connectivity index (χ2v) is 6.34. The molecular weight excluding hydrogens is 353 g/mol. The molecule has 0 atom stereocenters. The van der Waals surface area contributed by atoms with E-state index in [2.05, 4.69) is 9.88 Å². The van der Waals surface area contributed by atoms with Gasteiger partial charge in [0.05, 0.1) is 24.5 Å². The number of halogens is 3. The number of rotatable bonds is 9. The Morgan fingerprint density at radius 1 is 1.04 bits per heavy atom. The topological polar surface area (TPSA) is 34.6 Å². The first-order valence-electron chi connectivity index (χ1n) is 7.76. The van der Waals surface area contributed by atoms with Crippen LogP contribution >= 0.6 is 11.3 Å². The van der Waals surface area contributed by atoms with Gasteiger partial charge in [-0.2, -0.15) is 13.2 Å². The third kappa shape index (κ3) is 6.07. The molecule has 0 amide bonds. The highest BCUT2D eigenvalue weighted by molar-refractivity contribution is 7.13. The fourth-order valence-electron chi connectivity index (χ4n) is 2.25. The van der Waals surface area contributed by atoms with Gasteiger partial charge in [-0.05, 0) is 12.1 Å². The lowest BCUT2D eigenvalue weighted by Gasteiger charge is -2.20. The minimum absolute atomic E-state index is 0.611. The van der Waals surface area contributed by atoms with Crippen LogP contribution in [0.3, 0.4) is 0 Å². The zero-order valence-corrected chi connectivity index (χ0v) is 15.0. The van der Waals surface area contributed by atoms with Crippen LogP contribution in [-0.2, 0) is 22.2 Å². The van der Waals surface area contributed by atoms with Crippen molar-refractivity contribution in [2.75, 3.05) is 40.5 Å². The van der Waals surface area contributed by atoms with Gasteiger partial charge in [0.1, 0.15) is 5.01 Å². The van der Waals surface area contributed by atoms with Crippen molar-refractivity contribution in [3.8, 4) is 10.6 Å². The summed E-state index contributed by atoms with van der Waals surface area (Å²) >= 11 is 1.42. The Balaban J connectivity index is 2.05. The van der Waals surface area contributed by atoms with Crippen LogP contribution in [0.1, 0.15) is 11.3 Å². The van der Waals surface area contributed by atoms with E-state index in [1.54, 1.807) is 14.2 Å². The van der Waals surface area contributed by atoms with Crippen LogP contribution in [0.2, 0.25) is 0 Å². The molecule has 0 aliphatic heterocycles. The van der Waals surface area contributed by atoms with Gasteiger partial charge in [-0.3, -0.25) is 4.90 Å². The standard InChI is InChI=1S/C17H21F3N2O2S/c1-23-9-7-22(8-10-24-2)11-15-12-25-16(21-15)13-3-5-14(6-4-13)17(18,19)20/h3-6,12H,7-11H2,1-2H3. The Bertz CT molecular complexity index is 636. The maximum atomic E-state index is 12.6. The fraction of sp³-hybridized carbons (Fsp3) is 0.471. The van der Waals surface area contributed by atoms with Crippen molar-refractivity contribution in [3.05, 3.63) is 40.9 Å². The number of ether oxygens (including phenoxy) is 2. The number of alkyl halides is 3. The van der Waals surface area contributed by atoms with Gasteiger partial charge in [0.2, 0.25) is 0 Å². The van der Waals surface area contributed by atoms with Crippen molar-refractivity contribution in [2.24, 2.45) is 0 Å². The molecule has 2 aromatic rings. The number of aromatic nitrogens is 1. The summed E-state index contributed by atoms with van der Waals surface area (Å²) in [5.41, 5.74) is 0.912. The van der Waals surface area contributed by atoms with Gasteiger partial charge in [-0.1, -0.05) is 12.1 Å². The van der Waals surface area contributed by atoms with E-state index in [9.17, 15) is 13.2 Å². The van der Waals surface area contributed by atoms with E-state index in [-0.39, 0.29) is 0 Å². The largest absolute Gasteiger partial charge is 0.416 e. The van der Waals surface area contributed by atoms with Gasteiger partial charge in [-0.15, -0.1) is 11.3 Å². The normalized spacial score (nSPS) is 12.1. The molecule has 4 nitrogen and oxygen atoms in total. The molecule has 0 bridgehead atoms. The highest BCUT2D eigenvalue weighted by atomic mass is 32.1. The molecule has 1 aromatic heterocycles. The predicted octanol–water partition coefficient (Wildman–Crippen LogP) is 3.92. The summed E-state index contributed by atoms with van der Waals surface area (Å²) in [5.74, 6) is 0. The van der Waals surface area contributed by atoms with Crippen LogP contribution in [0.5, 0.6) is 0 Å². The summed E-state index contributed by atoms with van der Waals surface area (Å²) in [5, 5.41) is 2.64. The number of hydrogen-bond acceptors (Lipinski definition) is 5. The van der Waals surface area contributed by atoms with Crippen molar-refractivity contribution >= 4 is 11.3 Å². The smallest absolute Gasteiger partial charge is 0.383 e. The van der Waals surface area contributed by atoms with Gasteiger partial charge in [0.15, 0.2) is 0 Å². The minimum atomic E-state index is -4.32. The monoisotopic (exact) mass is 374 g/mol. The quantitative estimate of drug-likeness (QED) is 0.666. The second kappa shape index (κ2) is 9.28. The van der Waals surface area contributed by atoms with Crippen LogP contribution in [0.25, 0.3) is 10.6 Å². The van der Waals surface area contributed by atoms with Crippen molar-refractivity contribution in [3.63, 3.8) is 0 Å². The van der Waals surface area contributed by atoms with Gasteiger partial charge in [-0.25, -0.2) is 4.98 Å². The van der Waals surface area contributed by atoms with Crippen LogP contribution in [0.4, 0.5) is 13.2 Å². The number of benzene rings is 1. The maximum absolute atomic E-state index is 12.6. The summed E-state index contributed by atoms with van der Waals surface area (Å²) < 4.78 is 48.1. The van der Waals surface area contributed by atoms with Gasteiger partial charge < -0.3 is 9.47 Å². The molecule has 0 saturated heterocycles. The third-order valence-corrected chi connectivity index (χ3v) is 4.56. The molecular formula is C17H21F3N2O2S. The molecule has 2 rings (SSSR count). The third-order valence-electron chi connectivity index (χ3n) is 3.62. The predicted molar refractivity (Wildman–Crippen MR) is 91.6 cm³/mol. The molecule has 0 spiro atoms. The lowest BCUT2D eigenvalue weighted by Crippen LogP contribution is -2.30. The van der Waals surface area contributed by atoms with Crippen molar-refractivity contribution in [1.82, 2.24) is 9.88 Å². The molecule has 1 heterocycles. The molecule has 0 saturated carbocycles. The Labute approximate surface area is 149 Å². The van der Waals surface area contributed by atoms with E-state index in [1.807, 2.05) is 5.38 Å². The minimum Gasteiger partial charge on any atom is -0.383 e. The average molecular weight is 374 g/mol. The summed E-state index contributed by atoms with van der Waals surface area (Å²) in [6, 6.07) is 5.08. The number of methoxy groups -OCH3 is 2. The zero-order valence-electron chi connectivity index (χ0n) is 14.2. The molecule has 0 unspecified atom stereocenters. The molecule has 0 aliphatic carbocycles. The summed E-state index contributed by atoms with van der Waals surface area (Å²) in [6.07, 6.45) is -4.32. The van der Waals surface area contributed by atoms with Crippen LogP contribution in [0, 0.1) is 0 Å². The van der Waals surface area contributed by atoms with Crippen LogP contribution in [-0.4, -0.2) is 50.4 Å². The molecule has 25 heavy (non-hydrogen) atoms. The highest BCUT2D eigenvalue weighted by Crippen LogP contribution is 2.31. The molecule has 8 heteroatoms. The van der Waals surface area contributed by atoms with E-state index >= 15 is 0 Å². The second-order valence-electron chi connectivity index (χ2n) is 5.48. The SMILES string of the molecule is COCCN(CCOC)Cc1csc(-c2ccc(C(F)(F)F)cc2)n1. The molecule has 0 aliphatic rings. The van der Waals surface area contributed by atoms with Crippen molar-refractivity contribution < 1.29 is 22.6 Å². The van der Waals surface area contributed by atoms with Gasteiger partial charge >= 0.3 is 6.18 Å². The Morgan fingerprint density at radius 2 is 1.64 bits per heavy atom. The lowest BCUT2D eigenvalue weighted by atomic mass is 10.1. The van der Waals surface area contributed by atoms with Gasteiger partial charge in [0, 0.05) is 44.8 Å². The fourth-order valence-corrected chi connectivity index (χ4v) is 3.07. The van der Waals surface area contributed by atoms with E-state index < -0.39 is 11.7 Å². The Kier molecular flexibility index (Phi) is 7.37. The van der Waals surface area contributed by atoms with Crippen molar-refractivity contribution in [1.29, 1.82) is 0 Å². The molecule has 0 N–H and O–H groups in total. The van der Waals surface area contributed by atoms with E-state index in [1.165, 1.54) is 23.5 Å². The number of hydrogen-bond donors (Lipinski definition) is 0. The summed E-state index contributed by atoms with van der Waals surface area (Å²) in [4.78, 5) is 6.71. The Morgan fingerprint density at radius 3 is 2.16 bits per heavy atom. The first-order valence-corrected chi connectivity index (χ1v) is 8.64. The zero-order chi connectivity index (χ0) is 18.3.